The van der Waals surface area contributed by atoms with E-state index in [1.165, 1.54) is 11.1 Å². The smallest absolute Gasteiger partial charge is 0.0722 e. The van der Waals surface area contributed by atoms with Crippen LogP contribution in [0.4, 0.5) is 5.69 Å². The number of rotatable bonds is 1. The fraction of sp³-hybridized carbons (Fsp3) is 0.0625. The largest absolute Gasteiger partial charge is 0.399 e. The quantitative estimate of drug-likeness (QED) is 0.650. The summed E-state index contributed by atoms with van der Waals surface area (Å²) in [5.41, 5.74) is 11.1. The highest BCUT2D eigenvalue weighted by Crippen LogP contribution is 2.26. The number of hydrogen-bond donors (Lipinski definition) is 1. The average Bonchev–Trinajstić information content (AvgIpc) is 2.39. The van der Waals surface area contributed by atoms with Crippen LogP contribution in [0.3, 0.4) is 0 Å². The van der Waals surface area contributed by atoms with Crippen molar-refractivity contribution in [3.05, 3.63) is 60.3 Å². The Morgan fingerprint density at radius 2 is 1.83 bits per heavy atom. The number of pyridine rings is 1. The highest BCUT2D eigenvalue weighted by molar-refractivity contribution is 5.86. The number of nitrogens with two attached hydrogens (primary N) is 1. The van der Waals surface area contributed by atoms with Crippen molar-refractivity contribution in [2.75, 3.05) is 5.73 Å². The van der Waals surface area contributed by atoms with Gasteiger partial charge in [0.1, 0.15) is 0 Å². The molecule has 0 aliphatic heterocycles. The average molecular weight is 234 g/mol. The molecule has 0 amide bonds. The standard InChI is InChI=1S/C16H14N2/c1-11-4-2-3-5-15(11)13-8-12-6-7-14(17)9-16(12)18-10-13/h2-10H,17H2,1H3. The van der Waals surface area contributed by atoms with Crippen LogP contribution in [0.15, 0.2) is 54.7 Å². The van der Waals surface area contributed by atoms with Crippen molar-refractivity contribution in [1.82, 2.24) is 4.98 Å². The van der Waals surface area contributed by atoms with Crippen LogP contribution in [0.25, 0.3) is 22.0 Å². The van der Waals surface area contributed by atoms with Gasteiger partial charge < -0.3 is 5.73 Å². The summed E-state index contributed by atoms with van der Waals surface area (Å²) in [5, 5.41) is 1.12. The Hall–Kier alpha value is -2.35. The van der Waals surface area contributed by atoms with Gasteiger partial charge in [0.25, 0.3) is 0 Å². The predicted octanol–water partition coefficient (Wildman–Crippen LogP) is 3.79. The van der Waals surface area contributed by atoms with Gasteiger partial charge in [0.05, 0.1) is 5.52 Å². The SMILES string of the molecule is Cc1ccccc1-c1cnc2cc(N)ccc2c1. The van der Waals surface area contributed by atoms with Gasteiger partial charge in [-0.15, -0.1) is 0 Å². The van der Waals surface area contributed by atoms with Gasteiger partial charge in [-0.2, -0.15) is 0 Å². The zero-order chi connectivity index (χ0) is 12.5. The molecule has 0 atom stereocenters. The van der Waals surface area contributed by atoms with Gasteiger partial charge in [0, 0.05) is 22.8 Å². The van der Waals surface area contributed by atoms with Crippen molar-refractivity contribution >= 4 is 16.6 Å². The minimum Gasteiger partial charge on any atom is -0.399 e. The molecule has 2 heteroatoms. The molecule has 0 aliphatic carbocycles. The third-order valence-electron chi connectivity index (χ3n) is 3.16. The summed E-state index contributed by atoms with van der Waals surface area (Å²) in [4.78, 5) is 4.48. The van der Waals surface area contributed by atoms with Crippen LogP contribution in [0.2, 0.25) is 0 Å². The second kappa shape index (κ2) is 4.15. The van der Waals surface area contributed by atoms with Gasteiger partial charge >= 0.3 is 0 Å². The van der Waals surface area contributed by atoms with Gasteiger partial charge in [-0.05, 0) is 36.2 Å². The molecule has 2 nitrogen and oxygen atoms in total. The monoisotopic (exact) mass is 234 g/mol. The molecule has 3 rings (SSSR count). The van der Waals surface area contributed by atoms with Crippen molar-refractivity contribution < 1.29 is 0 Å². The van der Waals surface area contributed by atoms with Crippen LogP contribution >= 0.6 is 0 Å². The molecule has 0 saturated heterocycles. The van der Waals surface area contributed by atoms with Crippen LogP contribution in [-0.2, 0) is 0 Å². The molecule has 1 aromatic heterocycles. The summed E-state index contributed by atoms with van der Waals surface area (Å²) < 4.78 is 0. The molecule has 1 heterocycles. The molecule has 0 spiro atoms. The lowest BCUT2D eigenvalue weighted by atomic mass is 10.0. The van der Waals surface area contributed by atoms with E-state index in [1.54, 1.807) is 0 Å². The van der Waals surface area contributed by atoms with E-state index < -0.39 is 0 Å². The Kier molecular flexibility index (Phi) is 2.49. The van der Waals surface area contributed by atoms with Gasteiger partial charge in [-0.25, -0.2) is 0 Å². The highest BCUT2D eigenvalue weighted by Gasteiger charge is 2.03. The van der Waals surface area contributed by atoms with Crippen LogP contribution in [-0.4, -0.2) is 4.98 Å². The molecular formula is C16H14N2. The first-order chi connectivity index (χ1) is 8.74. The summed E-state index contributed by atoms with van der Waals surface area (Å²) in [6.07, 6.45) is 1.91. The van der Waals surface area contributed by atoms with Crippen molar-refractivity contribution in [3.8, 4) is 11.1 Å². The first-order valence-corrected chi connectivity index (χ1v) is 5.95. The first kappa shape index (κ1) is 10.8. The zero-order valence-corrected chi connectivity index (χ0v) is 10.2. The molecule has 0 saturated carbocycles. The summed E-state index contributed by atoms with van der Waals surface area (Å²) in [5.74, 6) is 0. The minimum atomic E-state index is 0.749. The Morgan fingerprint density at radius 3 is 2.67 bits per heavy atom. The minimum absolute atomic E-state index is 0.749. The van der Waals surface area contributed by atoms with Crippen molar-refractivity contribution in [3.63, 3.8) is 0 Å². The third-order valence-corrected chi connectivity index (χ3v) is 3.16. The van der Waals surface area contributed by atoms with Gasteiger partial charge in [0.2, 0.25) is 0 Å². The van der Waals surface area contributed by atoms with E-state index >= 15 is 0 Å². The van der Waals surface area contributed by atoms with Crippen LogP contribution in [0, 0.1) is 6.92 Å². The Balaban J connectivity index is 2.20. The number of hydrogen-bond acceptors (Lipinski definition) is 2. The lowest BCUT2D eigenvalue weighted by Gasteiger charge is -2.07. The van der Waals surface area contributed by atoms with E-state index in [0.717, 1.165) is 22.2 Å². The zero-order valence-electron chi connectivity index (χ0n) is 10.2. The van der Waals surface area contributed by atoms with Crippen molar-refractivity contribution in [2.45, 2.75) is 6.92 Å². The highest BCUT2D eigenvalue weighted by atomic mass is 14.7. The molecule has 0 bridgehead atoms. The normalized spacial score (nSPS) is 10.7. The number of benzene rings is 2. The molecule has 0 aliphatic rings. The molecule has 0 fully saturated rings. The summed E-state index contributed by atoms with van der Waals surface area (Å²) in [6.45, 7) is 2.11. The molecule has 3 aromatic rings. The molecule has 2 N–H and O–H groups in total. The maximum Gasteiger partial charge on any atom is 0.0722 e. The lowest BCUT2D eigenvalue weighted by Crippen LogP contribution is -1.88. The van der Waals surface area contributed by atoms with E-state index in [-0.39, 0.29) is 0 Å². The van der Waals surface area contributed by atoms with Crippen LogP contribution in [0.1, 0.15) is 5.56 Å². The maximum absolute atomic E-state index is 5.76. The fourth-order valence-electron chi connectivity index (χ4n) is 2.18. The molecule has 88 valence electrons. The predicted molar refractivity (Wildman–Crippen MR) is 76.3 cm³/mol. The first-order valence-electron chi connectivity index (χ1n) is 5.95. The molecular weight excluding hydrogens is 220 g/mol. The fourth-order valence-corrected chi connectivity index (χ4v) is 2.18. The van der Waals surface area contributed by atoms with E-state index in [4.69, 9.17) is 5.73 Å². The van der Waals surface area contributed by atoms with Crippen molar-refractivity contribution in [1.29, 1.82) is 0 Å². The number of fused-ring (bicyclic) bond motifs is 1. The number of anilines is 1. The molecule has 0 unspecified atom stereocenters. The van der Waals surface area contributed by atoms with Crippen molar-refractivity contribution in [2.24, 2.45) is 0 Å². The number of aryl methyl sites for hydroxylation is 1. The number of aromatic nitrogens is 1. The van der Waals surface area contributed by atoms with Gasteiger partial charge in [-0.3, -0.25) is 4.98 Å². The maximum atomic E-state index is 5.76. The number of nitrogens with zero attached hydrogens (tertiary/aromatic N) is 1. The second-order valence-corrected chi connectivity index (χ2v) is 4.49. The Labute approximate surface area is 106 Å². The van der Waals surface area contributed by atoms with E-state index in [1.807, 2.05) is 30.5 Å². The van der Waals surface area contributed by atoms with Crippen LogP contribution in [0.5, 0.6) is 0 Å². The lowest BCUT2D eigenvalue weighted by molar-refractivity contribution is 1.39. The Bertz CT molecular complexity index is 717. The molecule has 2 aromatic carbocycles. The second-order valence-electron chi connectivity index (χ2n) is 4.49. The van der Waals surface area contributed by atoms with Crippen LogP contribution < -0.4 is 5.73 Å². The molecule has 18 heavy (non-hydrogen) atoms. The van der Waals surface area contributed by atoms with E-state index in [0.29, 0.717) is 0 Å². The summed E-state index contributed by atoms with van der Waals surface area (Å²) in [6, 6.07) is 16.3. The topological polar surface area (TPSA) is 38.9 Å². The third kappa shape index (κ3) is 1.82. The van der Waals surface area contributed by atoms with Gasteiger partial charge in [0.15, 0.2) is 0 Å². The van der Waals surface area contributed by atoms with E-state index in [2.05, 4.69) is 36.2 Å². The molecule has 0 radical (unpaired) electrons. The van der Waals surface area contributed by atoms with Gasteiger partial charge in [-0.1, -0.05) is 30.3 Å². The summed E-state index contributed by atoms with van der Waals surface area (Å²) >= 11 is 0. The summed E-state index contributed by atoms with van der Waals surface area (Å²) in [7, 11) is 0. The number of nitrogen functional groups attached to an aromatic ring is 1. The Morgan fingerprint density at radius 1 is 1.00 bits per heavy atom. The van der Waals surface area contributed by atoms with E-state index in [9.17, 15) is 0 Å².